The van der Waals surface area contributed by atoms with Crippen LogP contribution in [0.2, 0.25) is 0 Å². The molecule has 0 aliphatic carbocycles. The molecule has 0 unspecified atom stereocenters. The lowest BCUT2D eigenvalue weighted by molar-refractivity contribution is -0.195. The number of rotatable bonds is 0. The fraction of sp³-hybridized carbons (Fsp3) is 0. The zero-order valence-corrected chi connectivity index (χ0v) is 8.85. The third-order valence-electron chi connectivity index (χ3n) is 1.65. The molecule has 0 aromatic heterocycles. The van der Waals surface area contributed by atoms with Crippen LogP contribution >= 0.6 is 0 Å². The monoisotopic (exact) mass is 236 g/mol. The fourth-order valence-corrected chi connectivity index (χ4v) is 0.862. The van der Waals surface area contributed by atoms with Crippen molar-refractivity contribution >= 4 is 0 Å². The van der Waals surface area contributed by atoms with Crippen LogP contribution in [0.4, 0.5) is 0 Å². The van der Waals surface area contributed by atoms with E-state index in [1.54, 1.807) is 24.3 Å². The molecule has 5 nitrogen and oxygen atoms in total. The first kappa shape index (κ1) is 12.5. The van der Waals surface area contributed by atoms with Gasteiger partial charge in [-0.3, -0.25) is 9.78 Å². The molecule has 0 spiro atoms. The maximum Gasteiger partial charge on any atom is 0.200 e. The molecule has 0 aromatic carbocycles. The Hall–Kier alpha value is -2.56. The molecule has 1 heterocycles. The Kier molecular flexibility index (Phi) is 5.03. The predicted octanol–water partition coefficient (Wildman–Crippen LogP) is 2.86. The van der Waals surface area contributed by atoms with Crippen molar-refractivity contribution in [2.75, 3.05) is 0 Å². The van der Waals surface area contributed by atoms with Crippen LogP contribution < -0.4 is 0 Å². The summed E-state index contributed by atoms with van der Waals surface area (Å²) in [5, 5.41) is 28.0. The zero-order chi connectivity index (χ0) is 12.5. The first-order chi connectivity index (χ1) is 8.22. The summed E-state index contributed by atoms with van der Waals surface area (Å²) in [7, 11) is 0. The van der Waals surface area contributed by atoms with Gasteiger partial charge in [0.1, 0.15) is 12.5 Å². The second-order valence-corrected chi connectivity index (χ2v) is 2.88. The Balaban J connectivity index is 2.95. The van der Waals surface area contributed by atoms with Gasteiger partial charge in [-0.15, -0.1) is 0 Å². The zero-order valence-electron chi connectivity index (χ0n) is 8.85. The number of allylic oxidation sites excluding steroid dienone is 7. The molecule has 5 heteroatoms. The minimum absolute atomic E-state index is 0.467. The maximum atomic E-state index is 9.36. The summed E-state index contributed by atoms with van der Waals surface area (Å²) >= 11 is 0. The van der Waals surface area contributed by atoms with Gasteiger partial charge >= 0.3 is 0 Å². The third kappa shape index (κ3) is 4.65. The molecule has 0 saturated carbocycles. The van der Waals surface area contributed by atoms with Crippen LogP contribution in [0.15, 0.2) is 72.3 Å². The molecular formula is C12H12O5. The van der Waals surface area contributed by atoms with Gasteiger partial charge in [0, 0.05) is 6.08 Å². The van der Waals surface area contributed by atoms with E-state index >= 15 is 0 Å². The molecule has 0 aromatic rings. The average Bonchev–Trinajstić information content (AvgIpc) is 2.33. The molecular weight excluding hydrogens is 224 g/mol. The lowest BCUT2D eigenvalue weighted by atomic mass is 10.3. The molecule has 17 heavy (non-hydrogen) atoms. The average molecular weight is 236 g/mol. The van der Waals surface area contributed by atoms with E-state index in [0.717, 1.165) is 12.3 Å². The van der Waals surface area contributed by atoms with Crippen molar-refractivity contribution in [2.24, 2.45) is 0 Å². The van der Waals surface area contributed by atoms with Crippen LogP contribution in [0.1, 0.15) is 0 Å². The second kappa shape index (κ2) is 6.84. The maximum absolute atomic E-state index is 9.36. The fourth-order valence-electron chi connectivity index (χ4n) is 0.862. The summed E-state index contributed by atoms with van der Waals surface area (Å²) in [6.45, 7) is 0. The van der Waals surface area contributed by atoms with Gasteiger partial charge in [-0.2, -0.15) is 0 Å². The largest absolute Gasteiger partial charge is 0.504 e. The predicted molar refractivity (Wildman–Crippen MR) is 61.7 cm³/mol. The minimum atomic E-state index is -0.661. The van der Waals surface area contributed by atoms with Gasteiger partial charge in [-0.25, -0.2) is 0 Å². The van der Waals surface area contributed by atoms with Crippen molar-refractivity contribution in [3.63, 3.8) is 0 Å². The van der Waals surface area contributed by atoms with Crippen molar-refractivity contribution in [3.05, 3.63) is 72.3 Å². The quantitative estimate of drug-likeness (QED) is 0.563. The van der Waals surface area contributed by atoms with Gasteiger partial charge < -0.3 is 15.3 Å². The summed E-state index contributed by atoms with van der Waals surface area (Å²) in [5.41, 5.74) is 0. The van der Waals surface area contributed by atoms with E-state index in [1.165, 1.54) is 18.4 Å². The molecule has 0 atom stereocenters. The Morgan fingerprint density at radius 1 is 0.765 bits per heavy atom. The summed E-state index contributed by atoms with van der Waals surface area (Å²) in [4.78, 5) is 9.06. The lowest BCUT2D eigenvalue weighted by Gasteiger charge is -1.99. The number of aliphatic hydroxyl groups excluding tert-OH is 3. The highest BCUT2D eigenvalue weighted by atomic mass is 17.2. The molecule has 0 saturated heterocycles. The molecule has 0 fully saturated rings. The summed E-state index contributed by atoms with van der Waals surface area (Å²) < 4.78 is 0. The lowest BCUT2D eigenvalue weighted by Crippen LogP contribution is -1.92. The van der Waals surface area contributed by atoms with Crippen LogP contribution in [0.25, 0.3) is 0 Å². The van der Waals surface area contributed by atoms with Gasteiger partial charge in [0.15, 0.2) is 17.3 Å². The highest BCUT2D eigenvalue weighted by Crippen LogP contribution is 2.09. The topological polar surface area (TPSA) is 79.2 Å². The van der Waals surface area contributed by atoms with Crippen LogP contribution in [-0.4, -0.2) is 15.3 Å². The highest BCUT2D eigenvalue weighted by molar-refractivity contribution is 5.29. The SMILES string of the molecule is OC1=CC=CC=CC=COOC=CC(O)=C1O. The van der Waals surface area contributed by atoms with Crippen LogP contribution in [0.3, 0.4) is 0 Å². The molecule has 1 aliphatic heterocycles. The van der Waals surface area contributed by atoms with Crippen LogP contribution in [0, 0.1) is 0 Å². The molecule has 0 bridgehead atoms. The normalized spacial score (nSPS) is 17.1. The van der Waals surface area contributed by atoms with Crippen molar-refractivity contribution < 1.29 is 25.1 Å². The summed E-state index contributed by atoms with van der Waals surface area (Å²) in [6, 6.07) is 0. The Morgan fingerprint density at radius 3 is 2.24 bits per heavy atom. The van der Waals surface area contributed by atoms with Crippen molar-refractivity contribution in [3.8, 4) is 0 Å². The van der Waals surface area contributed by atoms with Gasteiger partial charge in [-0.1, -0.05) is 24.3 Å². The Labute approximate surface area is 98.1 Å². The first-order valence-corrected chi connectivity index (χ1v) is 4.72. The van der Waals surface area contributed by atoms with Gasteiger partial charge in [-0.05, 0) is 12.2 Å². The second-order valence-electron chi connectivity index (χ2n) is 2.88. The summed E-state index contributed by atoms with van der Waals surface area (Å²) in [6.07, 6.45) is 12.6. The van der Waals surface area contributed by atoms with Crippen LogP contribution in [-0.2, 0) is 9.78 Å². The molecule has 1 aliphatic rings. The Morgan fingerprint density at radius 2 is 1.41 bits per heavy atom. The van der Waals surface area contributed by atoms with E-state index in [4.69, 9.17) is 0 Å². The van der Waals surface area contributed by atoms with E-state index < -0.39 is 17.3 Å². The molecule has 0 radical (unpaired) electrons. The molecule has 90 valence electrons. The Bertz CT molecular complexity index is 424. The summed E-state index contributed by atoms with van der Waals surface area (Å²) in [5.74, 6) is -1.68. The number of hydrogen-bond donors (Lipinski definition) is 3. The molecule has 3 N–H and O–H groups in total. The van der Waals surface area contributed by atoms with Crippen molar-refractivity contribution in [1.82, 2.24) is 0 Å². The number of aliphatic hydroxyl groups is 3. The van der Waals surface area contributed by atoms with E-state index in [1.807, 2.05) is 0 Å². The molecule has 1 rings (SSSR count). The van der Waals surface area contributed by atoms with E-state index in [0.29, 0.717) is 0 Å². The third-order valence-corrected chi connectivity index (χ3v) is 1.65. The van der Waals surface area contributed by atoms with E-state index in [2.05, 4.69) is 9.78 Å². The van der Waals surface area contributed by atoms with Crippen molar-refractivity contribution in [2.45, 2.75) is 0 Å². The van der Waals surface area contributed by atoms with E-state index in [-0.39, 0.29) is 0 Å². The number of hydrogen-bond acceptors (Lipinski definition) is 5. The standard InChI is InChI=1S/C12H12O5/c13-10-6-4-2-1-3-5-8-16-17-9-7-11(14)12(10)15/h1-9,13-15H. The smallest absolute Gasteiger partial charge is 0.200 e. The van der Waals surface area contributed by atoms with E-state index in [9.17, 15) is 15.3 Å². The van der Waals surface area contributed by atoms with Crippen LogP contribution in [0.5, 0.6) is 0 Å². The highest BCUT2D eigenvalue weighted by Gasteiger charge is 2.05. The van der Waals surface area contributed by atoms with Gasteiger partial charge in [0.25, 0.3) is 0 Å². The van der Waals surface area contributed by atoms with Gasteiger partial charge in [0.05, 0.1) is 0 Å². The van der Waals surface area contributed by atoms with Gasteiger partial charge in [0.2, 0.25) is 0 Å². The first-order valence-electron chi connectivity index (χ1n) is 4.72. The van der Waals surface area contributed by atoms with Crippen molar-refractivity contribution in [1.29, 1.82) is 0 Å². The minimum Gasteiger partial charge on any atom is -0.504 e. The molecule has 0 amide bonds.